The van der Waals surface area contributed by atoms with Crippen molar-refractivity contribution >= 4 is 23.7 Å². The normalized spacial score (nSPS) is 17.0. The maximum Gasteiger partial charge on any atom is 0.240 e. The summed E-state index contributed by atoms with van der Waals surface area (Å²) in [6, 6.07) is 6.04. The number of hydrogen-bond donors (Lipinski definition) is 1. The molecule has 0 spiro atoms. The van der Waals surface area contributed by atoms with E-state index in [2.05, 4.69) is 4.72 Å². The number of benzene rings is 1. The lowest BCUT2D eigenvalue weighted by Gasteiger charge is -2.22. The molecule has 0 saturated heterocycles. The minimum Gasteiger partial charge on any atom is -0.295 e. The Bertz CT molecular complexity index is 580. The molecule has 0 aliphatic heterocycles. The van der Waals surface area contributed by atoms with Gasteiger partial charge in [-0.1, -0.05) is 31.4 Å². The number of Topliss-reactive ketones (excluding diaryl/α,β-unsaturated/α-hetero) is 1. The third-order valence-corrected chi connectivity index (χ3v) is 5.10. The molecule has 1 aliphatic rings. The summed E-state index contributed by atoms with van der Waals surface area (Å²) in [5, 5.41) is 0. The van der Waals surface area contributed by atoms with Gasteiger partial charge in [0.2, 0.25) is 10.0 Å². The minimum absolute atomic E-state index is 0.00242. The number of rotatable bonds is 5. The van der Waals surface area contributed by atoms with Gasteiger partial charge in [0.05, 0.1) is 12.7 Å². The van der Waals surface area contributed by atoms with Crippen molar-refractivity contribution in [1.82, 2.24) is 4.72 Å². The van der Waals surface area contributed by atoms with Gasteiger partial charge in [-0.15, -0.1) is 0 Å². The van der Waals surface area contributed by atoms with E-state index in [1.807, 2.05) is 0 Å². The molecule has 1 aromatic rings. The second-order valence-corrected chi connectivity index (χ2v) is 6.83. The van der Waals surface area contributed by atoms with Gasteiger partial charge in [-0.25, -0.2) is 13.1 Å². The van der Waals surface area contributed by atoms with Crippen LogP contribution in [-0.4, -0.2) is 28.1 Å². The third-order valence-electron chi connectivity index (χ3n) is 3.58. The molecule has 1 aliphatic carbocycles. The number of hydrogen-bond acceptors (Lipinski definition) is 3. The molecule has 20 heavy (non-hydrogen) atoms. The third kappa shape index (κ3) is 3.70. The van der Waals surface area contributed by atoms with Crippen LogP contribution in [0.1, 0.15) is 42.5 Å². The molecule has 6 heteroatoms. The van der Waals surface area contributed by atoms with Crippen LogP contribution in [0, 0.1) is 0 Å². The zero-order chi connectivity index (χ0) is 14.6. The van der Waals surface area contributed by atoms with E-state index in [0.29, 0.717) is 5.56 Å². The van der Waals surface area contributed by atoms with Crippen LogP contribution in [0.5, 0.6) is 0 Å². The first-order chi connectivity index (χ1) is 9.53. The first kappa shape index (κ1) is 15.3. The fourth-order valence-corrected chi connectivity index (χ4v) is 3.81. The molecule has 1 N–H and O–H groups in total. The summed E-state index contributed by atoms with van der Waals surface area (Å²) in [7, 11) is 1.73. The van der Waals surface area contributed by atoms with Crippen molar-refractivity contribution < 1.29 is 13.2 Å². The molecule has 0 amide bonds. The molecule has 2 radical (unpaired) electrons. The van der Waals surface area contributed by atoms with Gasteiger partial charge < -0.3 is 0 Å². The Kier molecular flexibility index (Phi) is 4.99. The second-order valence-electron chi connectivity index (χ2n) is 5.11. The van der Waals surface area contributed by atoms with Crippen molar-refractivity contribution in [1.29, 1.82) is 0 Å². The molecule has 1 fully saturated rings. The average Bonchev–Trinajstić information content (AvgIpc) is 2.47. The van der Waals surface area contributed by atoms with Crippen LogP contribution in [0.25, 0.3) is 0 Å². The van der Waals surface area contributed by atoms with Gasteiger partial charge in [0.25, 0.3) is 0 Å². The lowest BCUT2D eigenvalue weighted by molar-refractivity contribution is 0.101. The molecule has 0 unspecified atom stereocenters. The topological polar surface area (TPSA) is 63.2 Å². The van der Waals surface area contributed by atoms with Crippen LogP contribution in [0.3, 0.4) is 0 Å². The van der Waals surface area contributed by atoms with Crippen LogP contribution >= 0.6 is 0 Å². The van der Waals surface area contributed by atoms with Gasteiger partial charge >= 0.3 is 0 Å². The highest BCUT2D eigenvalue weighted by Gasteiger charge is 2.22. The Morgan fingerprint density at radius 2 is 1.95 bits per heavy atom. The zero-order valence-corrected chi connectivity index (χ0v) is 12.2. The molecule has 106 valence electrons. The molecule has 4 nitrogen and oxygen atoms in total. The van der Waals surface area contributed by atoms with E-state index in [1.54, 1.807) is 12.1 Å². The molecule has 0 atom stereocenters. The molecule has 2 rings (SSSR count). The maximum absolute atomic E-state index is 12.3. The fourth-order valence-electron chi connectivity index (χ4n) is 2.46. The quantitative estimate of drug-likeness (QED) is 0.667. The predicted octanol–water partition coefficient (Wildman–Crippen LogP) is 2.07. The number of ketones is 1. The Balaban J connectivity index is 2.18. The smallest absolute Gasteiger partial charge is 0.240 e. The molecule has 1 aromatic carbocycles. The Labute approximate surface area is 121 Å². The Morgan fingerprint density at radius 3 is 2.60 bits per heavy atom. The van der Waals surface area contributed by atoms with Crippen LogP contribution < -0.4 is 4.72 Å². The fraction of sp³-hybridized carbons (Fsp3) is 0.500. The van der Waals surface area contributed by atoms with Gasteiger partial charge in [-0.05, 0) is 31.3 Å². The average molecular weight is 291 g/mol. The highest BCUT2D eigenvalue weighted by Crippen LogP contribution is 2.20. The molecule has 1 saturated carbocycles. The van der Waals surface area contributed by atoms with Crippen LogP contribution in [0.2, 0.25) is 6.32 Å². The van der Waals surface area contributed by atoms with Gasteiger partial charge in [-0.3, -0.25) is 4.79 Å². The summed E-state index contributed by atoms with van der Waals surface area (Å²) >= 11 is 0. The summed E-state index contributed by atoms with van der Waals surface area (Å²) in [6.45, 7) is 0. The van der Waals surface area contributed by atoms with Gasteiger partial charge in [0.1, 0.15) is 0 Å². The van der Waals surface area contributed by atoms with Crippen molar-refractivity contribution in [3.63, 3.8) is 0 Å². The minimum atomic E-state index is -3.57. The van der Waals surface area contributed by atoms with Crippen molar-refractivity contribution in [2.75, 3.05) is 0 Å². The van der Waals surface area contributed by atoms with Crippen molar-refractivity contribution in [3.8, 4) is 0 Å². The van der Waals surface area contributed by atoms with E-state index in [-0.39, 0.29) is 23.0 Å². The largest absolute Gasteiger partial charge is 0.295 e. The van der Waals surface area contributed by atoms with E-state index in [1.165, 1.54) is 18.6 Å². The lowest BCUT2D eigenvalue weighted by Crippen LogP contribution is -2.36. The van der Waals surface area contributed by atoms with Crippen LogP contribution in [-0.2, 0) is 10.0 Å². The van der Waals surface area contributed by atoms with Gasteiger partial charge in [0, 0.05) is 11.6 Å². The summed E-state index contributed by atoms with van der Waals surface area (Å²) in [6.07, 6.45) is 4.90. The van der Waals surface area contributed by atoms with Gasteiger partial charge in [0.15, 0.2) is 5.78 Å². The Morgan fingerprint density at radius 1 is 1.25 bits per heavy atom. The molecular formula is C14H18BNO3S. The monoisotopic (exact) mass is 291 g/mol. The molecule has 0 bridgehead atoms. The van der Waals surface area contributed by atoms with Crippen molar-refractivity contribution in [3.05, 3.63) is 29.8 Å². The molecule has 0 aromatic heterocycles. The van der Waals surface area contributed by atoms with Crippen molar-refractivity contribution in [2.24, 2.45) is 0 Å². The maximum atomic E-state index is 12.3. The zero-order valence-electron chi connectivity index (χ0n) is 11.3. The predicted molar refractivity (Wildman–Crippen MR) is 78.5 cm³/mol. The first-order valence-electron chi connectivity index (χ1n) is 6.88. The van der Waals surface area contributed by atoms with E-state index in [0.717, 1.165) is 25.7 Å². The van der Waals surface area contributed by atoms with Crippen LogP contribution in [0.4, 0.5) is 0 Å². The van der Waals surface area contributed by atoms with Gasteiger partial charge in [-0.2, -0.15) is 0 Å². The highest BCUT2D eigenvalue weighted by molar-refractivity contribution is 7.89. The summed E-state index contributed by atoms with van der Waals surface area (Å²) < 4.78 is 27.3. The first-order valence-corrected chi connectivity index (χ1v) is 8.37. The van der Waals surface area contributed by atoms with E-state index in [9.17, 15) is 13.2 Å². The van der Waals surface area contributed by atoms with Crippen molar-refractivity contribution in [2.45, 2.75) is 49.4 Å². The number of sulfonamides is 1. The number of carbonyl (C=O) groups is 1. The van der Waals surface area contributed by atoms with E-state index >= 15 is 0 Å². The standard InChI is InChI=1S/C14H18BNO3S/c15-10-14(17)11-5-4-8-13(9-11)20(18,19)16-12-6-2-1-3-7-12/h4-5,8-9,12,16H,1-3,6-7,10H2. The lowest BCUT2D eigenvalue weighted by atomic mass is 9.96. The Hall–Kier alpha value is -1.14. The second kappa shape index (κ2) is 6.54. The molecular weight excluding hydrogens is 273 g/mol. The summed E-state index contributed by atoms with van der Waals surface area (Å²) in [5.74, 6) is -0.264. The highest BCUT2D eigenvalue weighted by atomic mass is 32.2. The molecule has 0 heterocycles. The van der Waals surface area contributed by atoms with E-state index < -0.39 is 10.0 Å². The summed E-state index contributed by atoms with van der Waals surface area (Å²) in [5.41, 5.74) is 0.332. The van der Waals surface area contributed by atoms with E-state index in [4.69, 9.17) is 7.85 Å². The van der Waals surface area contributed by atoms with Crippen LogP contribution in [0.15, 0.2) is 29.2 Å². The number of nitrogens with one attached hydrogen (secondary N) is 1. The number of carbonyl (C=O) groups excluding carboxylic acids is 1. The summed E-state index contributed by atoms with van der Waals surface area (Å²) in [4.78, 5) is 11.7. The SMILES string of the molecule is [B]CC(=O)c1cccc(S(=O)(=O)NC2CCCCC2)c1.